The van der Waals surface area contributed by atoms with E-state index >= 15 is 0 Å². The van der Waals surface area contributed by atoms with Gasteiger partial charge in [-0.15, -0.1) is 0 Å². The van der Waals surface area contributed by atoms with Crippen LogP contribution in [0.2, 0.25) is 0 Å². The lowest BCUT2D eigenvalue weighted by molar-refractivity contribution is -0.124. The van der Waals surface area contributed by atoms with Gasteiger partial charge in [-0.2, -0.15) is 0 Å². The number of benzene rings is 1. The van der Waals surface area contributed by atoms with Crippen LogP contribution in [0.5, 0.6) is 0 Å². The summed E-state index contributed by atoms with van der Waals surface area (Å²) in [5, 5.41) is 6.17. The van der Waals surface area contributed by atoms with Crippen LogP contribution in [-0.2, 0) is 9.59 Å². The van der Waals surface area contributed by atoms with Gasteiger partial charge in [0.1, 0.15) is 5.78 Å². The van der Waals surface area contributed by atoms with Gasteiger partial charge in [0.05, 0.1) is 12.5 Å². The van der Waals surface area contributed by atoms with Crippen molar-refractivity contribution in [1.82, 2.24) is 10.6 Å². The maximum absolute atomic E-state index is 12.4. The Kier molecular flexibility index (Phi) is 5.39. The lowest BCUT2D eigenvalue weighted by Gasteiger charge is -2.20. The number of hydrogen-bond donors (Lipinski definition) is 2. The lowest BCUT2D eigenvalue weighted by Crippen LogP contribution is -2.34. The number of rotatable bonds is 8. The van der Waals surface area contributed by atoms with Crippen molar-refractivity contribution >= 4 is 17.5 Å². The quantitative estimate of drug-likeness (QED) is 0.691. The third-order valence-electron chi connectivity index (χ3n) is 6.62. The van der Waals surface area contributed by atoms with E-state index in [1.165, 1.54) is 19.3 Å². The molecule has 0 radical (unpaired) electrons. The van der Waals surface area contributed by atoms with Gasteiger partial charge < -0.3 is 10.6 Å². The Bertz CT molecular complexity index is 745. The van der Waals surface area contributed by atoms with E-state index in [4.69, 9.17) is 0 Å². The first-order valence-corrected chi connectivity index (χ1v) is 10.3. The average Bonchev–Trinajstić information content (AvgIpc) is 3.39. The zero-order valence-corrected chi connectivity index (χ0v) is 15.7. The van der Waals surface area contributed by atoms with Crippen LogP contribution in [0.15, 0.2) is 24.3 Å². The van der Waals surface area contributed by atoms with Crippen LogP contribution >= 0.6 is 0 Å². The van der Waals surface area contributed by atoms with Crippen molar-refractivity contribution in [3.05, 3.63) is 35.4 Å². The molecule has 5 nitrogen and oxygen atoms in total. The molecule has 4 unspecified atom stereocenters. The molecule has 144 valence electrons. The highest BCUT2D eigenvalue weighted by molar-refractivity contribution is 6.06. The maximum atomic E-state index is 12.4. The molecule has 2 bridgehead atoms. The smallest absolute Gasteiger partial charge is 0.228 e. The van der Waals surface area contributed by atoms with Crippen molar-refractivity contribution in [2.75, 3.05) is 19.6 Å². The van der Waals surface area contributed by atoms with Crippen molar-refractivity contribution < 1.29 is 14.4 Å². The van der Waals surface area contributed by atoms with Gasteiger partial charge in [0, 0.05) is 24.4 Å². The van der Waals surface area contributed by atoms with E-state index in [0.717, 1.165) is 24.3 Å². The van der Waals surface area contributed by atoms with E-state index < -0.39 is 0 Å². The Balaban J connectivity index is 1.13. The molecule has 5 heteroatoms. The Morgan fingerprint density at radius 2 is 1.93 bits per heavy atom. The van der Waals surface area contributed by atoms with Gasteiger partial charge in [-0.3, -0.25) is 14.4 Å². The number of ketones is 2. The fourth-order valence-electron chi connectivity index (χ4n) is 5.22. The highest BCUT2D eigenvalue weighted by Gasteiger charge is 2.42. The molecular formula is C22H28N2O3. The van der Waals surface area contributed by atoms with Crippen molar-refractivity contribution in [1.29, 1.82) is 0 Å². The van der Waals surface area contributed by atoms with Gasteiger partial charge in [-0.1, -0.05) is 30.7 Å². The molecule has 0 saturated heterocycles. The van der Waals surface area contributed by atoms with E-state index in [1.54, 1.807) is 6.07 Å². The Hall–Kier alpha value is -2.01. The van der Waals surface area contributed by atoms with Gasteiger partial charge in [0.25, 0.3) is 0 Å². The molecule has 3 aliphatic carbocycles. The molecule has 0 aromatic heterocycles. The van der Waals surface area contributed by atoms with Crippen molar-refractivity contribution in [3.8, 4) is 0 Å². The minimum Gasteiger partial charge on any atom is -0.356 e. The molecule has 27 heavy (non-hydrogen) atoms. The first-order valence-electron chi connectivity index (χ1n) is 10.3. The second kappa shape index (κ2) is 7.93. The predicted octanol–water partition coefficient (Wildman–Crippen LogP) is 2.46. The molecule has 0 aliphatic heterocycles. The summed E-state index contributed by atoms with van der Waals surface area (Å²) in [6.45, 7) is 1.72. The second-order valence-corrected chi connectivity index (χ2v) is 8.34. The molecule has 1 aromatic carbocycles. The van der Waals surface area contributed by atoms with E-state index in [9.17, 15) is 14.4 Å². The third-order valence-corrected chi connectivity index (χ3v) is 6.62. The Labute approximate surface area is 160 Å². The Morgan fingerprint density at radius 3 is 2.70 bits per heavy atom. The number of fused-ring (bicyclic) bond motifs is 3. The minimum absolute atomic E-state index is 0.0477. The standard InChI is InChI=1S/C22H28N2O3/c25-20-12-19(16-4-1-2-5-17(16)20)22(27)24-9-3-8-23-13-21(26)18-11-14-6-7-15(18)10-14/h1-2,4-5,14-15,18-19,23H,3,6-13H2,(H,24,27). The van der Waals surface area contributed by atoms with Gasteiger partial charge >= 0.3 is 0 Å². The summed E-state index contributed by atoms with van der Waals surface area (Å²) in [5.74, 6) is 1.70. The number of hydrogen-bond acceptors (Lipinski definition) is 4. The molecule has 2 saturated carbocycles. The third kappa shape index (κ3) is 3.84. The van der Waals surface area contributed by atoms with Crippen LogP contribution in [-0.4, -0.2) is 37.1 Å². The number of amides is 1. The normalized spacial score (nSPS) is 28.4. The summed E-state index contributed by atoms with van der Waals surface area (Å²) in [5.41, 5.74) is 1.52. The lowest BCUT2D eigenvalue weighted by atomic mass is 9.85. The van der Waals surface area contributed by atoms with Crippen molar-refractivity contribution in [2.45, 2.75) is 44.4 Å². The molecule has 0 spiro atoms. The SMILES string of the molecule is O=C1CC(C(=O)NCCCNCC(=O)C2CC3CCC2C3)c2ccccc21. The van der Waals surface area contributed by atoms with Crippen LogP contribution in [0.4, 0.5) is 0 Å². The number of carbonyl (C=O) groups is 3. The second-order valence-electron chi connectivity index (χ2n) is 8.34. The largest absolute Gasteiger partial charge is 0.356 e. The van der Waals surface area contributed by atoms with Crippen LogP contribution < -0.4 is 10.6 Å². The molecule has 2 N–H and O–H groups in total. The van der Waals surface area contributed by atoms with Gasteiger partial charge in [0.2, 0.25) is 5.91 Å². The molecule has 3 aliphatic rings. The highest BCUT2D eigenvalue weighted by atomic mass is 16.2. The molecule has 0 heterocycles. The van der Waals surface area contributed by atoms with Crippen LogP contribution in [0.3, 0.4) is 0 Å². The molecule has 4 rings (SSSR count). The number of Topliss-reactive ketones (excluding diaryl/α,β-unsaturated/α-hetero) is 2. The Morgan fingerprint density at radius 1 is 1.07 bits per heavy atom. The fourth-order valence-corrected chi connectivity index (χ4v) is 5.22. The van der Waals surface area contributed by atoms with Gasteiger partial charge in [-0.05, 0) is 49.6 Å². The van der Waals surface area contributed by atoms with E-state index in [0.29, 0.717) is 36.9 Å². The van der Waals surface area contributed by atoms with E-state index in [2.05, 4.69) is 10.6 Å². The highest BCUT2D eigenvalue weighted by Crippen LogP contribution is 2.48. The predicted molar refractivity (Wildman–Crippen MR) is 103 cm³/mol. The first-order chi connectivity index (χ1) is 13.1. The summed E-state index contributed by atoms with van der Waals surface area (Å²) in [6.07, 6.45) is 5.95. The van der Waals surface area contributed by atoms with Crippen LogP contribution in [0, 0.1) is 17.8 Å². The molecule has 4 atom stereocenters. The minimum atomic E-state index is -0.360. The summed E-state index contributed by atoms with van der Waals surface area (Å²) in [6, 6.07) is 7.37. The van der Waals surface area contributed by atoms with Crippen molar-refractivity contribution in [2.24, 2.45) is 17.8 Å². The maximum Gasteiger partial charge on any atom is 0.228 e. The van der Waals surface area contributed by atoms with Crippen LogP contribution in [0.25, 0.3) is 0 Å². The zero-order chi connectivity index (χ0) is 18.8. The number of nitrogens with one attached hydrogen (secondary N) is 2. The van der Waals surface area contributed by atoms with E-state index in [1.807, 2.05) is 18.2 Å². The molecule has 1 amide bonds. The molecule has 1 aromatic rings. The zero-order valence-electron chi connectivity index (χ0n) is 15.7. The summed E-state index contributed by atoms with van der Waals surface area (Å²) in [7, 11) is 0. The fraction of sp³-hybridized carbons (Fsp3) is 0.591. The summed E-state index contributed by atoms with van der Waals surface area (Å²) < 4.78 is 0. The summed E-state index contributed by atoms with van der Waals surface area (Å²) in [4.78, 5) is 36.7. The average molecular weight is 368 g/mol. The van der Waals surface area contributed by atoms with E-state index in [-0.39, 0.29) is 29.9 Å². The van der Waals surface area contributed by atoms with Crippen LogP contribution in [0.1, 0.15) is 60.4 Å². The molecule has 2 fully saturated rings. The first kappa shape index (κ1) is 18.4. The monoisotopic (exact) mass is 368 g/mol. The molecular weight excluding hydrogens is 340 g/mol. The van der Waals surface area contributed by atoms with Crippen molar-refractivity contribution in [3.63, 3.8) is 0 Å². The van der Waals surface area contributed by atoms with Gasteiger partial charge in [0.15, 0.2) is 5.78 Å². The number of carbonyl (C=O) groups excluding carboxylic acids is 3. The van der Waals surface area contributed by atoms with Gasteiger partial charge in [-0.25, -0.2) is 0 Å². The summed E-state index contributed by atoms with van der Waals surface area (Å²) >= 11 is 0. The topological polar surface area (TPSA) is 75.3 Å².